The van der Waals surface area contributed by atoms with Crippen LogP contribution in [0.15, 0.2) is 0 Å². The van der Waals surface area contributed by atoms with Crippen molar-refractivity contribution in [1.82, 2.24) is 10.6 Å². The Morgan fingerprint density at radius 3 is 2.53 bits per heavy atom. The van der Waals surface area contributed by atoms with Crippen molar-refractivity contribution in [2.75, 3.05) is 19.6 Å². The average molecular weight is 231 g/mol. The largest absolute Gasteiger partial charge is 0.356 e. The molecule has 3 aliphatic rings. The average Bonchev–Trinajstić information content (AvgIpc) is 3.00. The Kier molecular flexibility index (Phi) is 2.95. The molecule has 86 valence electrons. The monoisotopic (exact) mass is 230 g/mol. The molecule has 0 aromatic rings. The SMILES string of the molecule is CC1CC1CNC(=O)C1[C@H]2CNC[C@@H]12.Cl. The summed E-state index contributed by atoms with van der Waals surface area (Å²) in [7, 11) is 0. The molecule has 1 heterocycles. The predicted molar refractivity (Wildman–Crippen MR) is 60.9 cm³/mol. The Balaban J connectivity index is 0.000000853. The zero-order valence-corrected chi connectivity index (χ0v) is 9.85. The molecule has 15 heavy (non-hydrogen) atoms. The molecule has 3 fully saturated rings. The number of carbonyl (C=O) groups excluding carboxylic acids is 1. The van der Waals surface area contributed by atoms with Crippen LogP contribution >= 0.6 is 12.4 Å². The number of carbonyl (C=O) groups is 1. The maximum atomic E-state index is 11.7. The molecule has 0 bridgehead atoms. The Bertz CT molecular complexity index is 261. The second-order valence-corrected chi connectivity index (χ2v) is 5.23. The normalized spacial score (nSPS) is 45.3. The van der Waals surface area contributed by atoms with E-state index in [2.05, 4.69) is 17.6 Å². The van der Waals surface area contributed by atoms with Gasteiger partial charge in [-0.25, -0.2) is 0 Å². The summed E-state index contributed by atoms with van der Waals surface area (Å²) in [6.07, 6.45) is 1.30. The van der Waals surface area contributed by atoms with Crippen molar-refractivity contribution >= 4 is 18.3 Å². The molecule has 0 spiro atoms. The van der Waals surface area contributed by atoms with Crippen LogP contribution in [0.4, 0.5) is 0 Å². The zero-order chi connectivity index (χ0) is 9.71. The molecule has 3 rings (SSSR count). The maximum Gasteiger partial charge on any atom is 0.223 e. The summed E-state index contributed by atoms with van der Waals surface area (Å²) < 4.78 is 0. The van der Waals surface area contributed by atoms with Crippen molar-refractivity contribution in [1.29, 1.82) is 0 Å². The number of amides is 1. The van der Waals surface area contributed by atoms with Gasteiger partial charge in [-0.1, -0.05) is 6.92 Å². The van der Waals surface area contributed by atoms with Gasteiger partial charge in [-0.2, -0.15) is 0 Å². The van der Waals surface area contributed by atoms with E-state index in [1.54, 1.807) is 0 Å². The van der Waals surface area contributed by atoms with Crippen LogP contribution in [0.5, 0.6) is 0 Å². The highest BCUT2D eigenvalue weighted by molar-refractivity contribution is 5.85. The minimum Gasteiger partial charge on any atom is -0.356 e. The van der Waals surface area contributed by atoms with Crippen LogP contribution in [0.2, 0.25) is 0 Å². The van der Waals surface area contributed by atoms with E-state index in [1.807, 2.05) is 0 Å². The van der Waals surface area contributed by atoms with Crippen molar-refractivity contribution < 1.29 is 4.79 Å². The van der Waals surface area contributed by atoms with Gasteiger partial charge in [0.15, 0.2) is 0 Å². The fourth-order valence-corrected chi connectivity index (χ4v) is 2.84. The van der Waals surface area contributed by atoms with Gasteiger partial charge in [0.1, 0.15) is 0 Å². The van der Waals surface area contributed by atoms with E-state index in [1.165, 1.54) is 6.42 Å². The molecule has 5 atom stereocenters. The second kappa shape index (κ2) is 3.95. The van der Waals surface area contributed by atoms with Crippen molar-refractivity contribution in [2.24, 2.45) is 29.6 Å². The Labute approximate surface area is 96.8 Å². The molecule has 0 aromatic heterocycles. The second-order valence-electron chi connectivity index (χ2n) is 5.23. The third-order valence-electron chi connectivity index (χ3n) is 4.21. The minimum atomic E-state index is 0. The van der Waals surface area contributed by atoms with Gasteiger partial charge in [0.25, 0.3) is 0 Å². The van der Waals surface area contributed by atoms with E-state index in [0.717, 1.165) is 31.5 Å². The number of halogens is 1. The van der Waals surface area contributed by atoms with Gasteiger partial charge < -0.3 is 10.6 Å². The number of nitrogens with one attached hydrogen (secondary N) is 2. The molecule has 0 radical (unpaired) electrons. The van der Waals surface area contributed by atoms with Crippen LogP contribution in [0, 0.1) is 29.6 Å². The first-order valence-electron chi connectivity index (χ1n) is 5.76. The van der Waals surface area contributed by atoms with E-state index < -0.39 is 0 Å². The van der Waals surface area contributed by atoms with Gasteiger partial charge in [0.05, 0.1) is 0 Å². The summed E-state index contributed by atoms with van der Waals surface area (Å²) in [5, 5.41) is 6.41. The first kappa shape index (κ1) is 11.2. The summed E-state index contributed by atoms with van der Waals surface area (Å²) in [6.45, 7) is 5.29. The Hall–Kier alpha value is -0.280. The molecule has 0 aromatic carbocycles. The molecule has 3 unspecified atom stereocenters. The van der Waals surface area contributed by atoms with E-state index in [-0.39, 0.29) is 12.4 Å². The minimum absolute atomic E-state index is 0. The van der Waals surface area contributed by atoms with E-state index >= 15 is 0 Å². The van der Waals surface area contributed by atoms with Gasteiger partial charge in [0.2, 0.25) is 5.91 Å². The molecular formula is C11H19ClN2O. The molecule has 3 nitrogen and oxygen atoms in total. The van der Waals surface area contributed by atoms with E-state index in [0.29, 0.717) is 23.7 Å². The molecule has 1 aliphatic heterocycles. The number of rotatable bonds is 3. The molecule has 1 saturated heterocycles. The number of fused-ring (bicyclic) bond motifs is 1. The topological polar surface area (TPSA) is 41.1 Å². The third kappa shape index (κ3) is 2.00. The highest BCUT2D eigenvalue weighted by atomic mass is 35.5. The van der Waals surface area contributed by atoms with Crippen LogP contribution in [-0.2, 0) is 4.79 Å². The smallest absolute Gasteiger partial charge is 0.223 e. The third-order valence-corrected chi connectivity index (χ3v) is 4.21. The number of hydrogen-bond acceptors (Lipinski definition) is 2. The predicted octanol–water partition coefficient (Wildman–Crippen LogP) is 0.646. The van der Waals surface area contributed by atoms with Crippen molar-refractivity contribution in [3.05, 3.63) is 0 Å². The van der Waals surface area contributed by atoms with Crippen LogP contribution in [0.25, 0.3) is 0 Å². The van der Waals surface area contributed by atoms with Crippen molar-refractivity contribution in [3.63, 3.8) is 0 Å². The quantitative estimate of drug-likeness (QED) is 0.748. The first-order valence-corrected chi connectivity index (χ1v) is 5.76. The standard InChI is InChI=1S/C11H18N2O.ClH/c1-6-2-7(6)3-13-11(14)10-8-4-12-5-9(8)10;/h6-10,12H,2-5H2,1H3,(H,13,14);1H/t6?,7?,8-,9+,10?;. The molecule has 2 N–H and O–H groups in total. The van der Waals surface area contributed by atoms with Crippen molar-refractivity contribution in [2.45, 2.75) is 13.3 Å². The fraction of sp³-hybridized carbons (Fsp3) is 0.909. The zero-order valence-electron chi connectivity index (χ0n) is 9.03. The highest BCUT2D eigenvalue weighted by Crippen LogP contribution is 2.48. The first-order chi connectivity index (χ1) is 6.77. The lowest BCUT2D eigenvalue weighted by Gasteiger charge is -2.06. The van der Waals surface area contributed by atoms with Gasteiger partial charge in [-0.05, 0) is 43.2 Å². The summed E-state index contributed by atoms with van der Waals surface area (Å²) in [5.74, 6) is 3.61. The number of hydrogen-bond donors (Lipinski definition) is 2. The van der Waals surface area contributed by atoms with Crippen LogP contribution in [0.3, 0.4) is 0 Å². The highest BCUT2D eigenvalue weighted by Gasteiger charge is 2.56. The van der Waals surface area contributed by atoms with Crippen LogP contribution in [0.1, 0.15) is 13.3 Å². The summed E-state index contributed by atoms with van der Waals surface area (Å²) in [4.78, 5) is 11.7. The van der Waals surface area contributed by atoms with Crippen LogP contribution < -0.4 is 10.6 Å². The molecule has 2 aliphatic carbocycles. The van der Waals surface area contributed by atoms with Gasteiger partial charge in [-0.3, -0.25) is 4.79 Å². The van der Waals surface area contributed by atoms with Gasteiger partial charge >= 0.3 is 0 Å². The molecule has 1 amide bonds. The van der Waals surface area contributed by atoms with Crippen molar-refractivity contribution in [3.8, 4) is 0 Å². The summed E-state index contributed by atoms with van der Waals surface area (Å²) in [5.41, 5.74) is 0. The number of piperidine rings is 1. The lowest BCUT2D eigenvalue weighted by atomic mass is 10.2. The van der Waals surface area contributed by atoms with Gasteiger partial charge in [0, 0.05) is 12.5 Å². The van der Waals surface area contributed by atoms with Crippen LogP contribution in [-0.4, -0.2) is 25.5 Å². The van der Waals surface area contributed by atoms with Gasteiger partial charge in [-0.15, -0.1) is 12.4 Å². The molecule has 4 heteroatoms. The molecule has 2 saturated carbocycles. The van der Waals surface area contributed by atoms with E-state index in [4.69, 9.17) is 0 Å². The Morgan fingerprint density at radius 2 is 2.00 bits per heavy atom. The lowest BCUT2D eigenvalue weighted by Crippen LogP contribution is -2.31. The maximum absolute atomic E-state index is 11.7. The summed E-state index contributed by atoms with van der Waals surface area (Å²) in [6, 6.07) is 0. The molecular weight excluding hydrogens is 212 g/mol. The van der Waals surface area contributed by atoms with E-state index in [9.17, 15) is 4.79 Å². The fourth-order valence-electron chi connectivity index (χ4n) is 2.84. The summed E-state index contributed by atoms with van der Waals surface area (Å²) >= 11 is 0. The lowest BCUT2D eigenvalue weighted by molar-refractivity contribution is -0.123. The Morgan fingerprint density at radius 1 is 1.40 bits per heavy atom.